The van der Waals surface area contributed by atoms with Gasteiger partial charge >= 0.3 is 0 Å². The Morgan fingerprint density at radius 2 is 2.26 bits per heavy atom. The van der Waals surface area contributed by atoms with E-state index in [1.807, 2.05) is 0 Å². The third-order valence-electron chi connectivity index (χ3n) is 3.71. The zero-order chi connectivity index (χ0) is 13.7. The molecule has 1 aromatic rings. The van der Waals surface area contributed by atoms with E-state index in [1.54, 1.807) is 13.1 Å². The van der Waals surface area contributed by atoms with Crippen LogP contribution in [0.4, 0.5) is 0 Å². The molecule has 0 fully saturated rings. The van der Waals surface area contributed by atoms with E-state index in [1.165, 1.54) is 6.42 Å². The molecule has 4 nitrogen and oxygen atoms in total. The molecule has 0 saturated carbocycles. The quantitative estimate of drug-likeness (QED) is 0.710. The Labute approximate surface area is 114 Å². The van der Waals surface area contributed by atoms with Gasteiger partial charge in [-0.2, -0.15) is 0 Å². The molecule has 1 atom stereocenters. The number of aromatic nitrogens is 1. The van der Waals surface area contributed by atoms with Gasteiger partial charge in [0.25, 0.3) is 0 Å². The fourth-order valence-corrected chi connectivity index (χ4v) is 2.46. The van der Waals surface area contributed by atoms with Crippen LogP contribution in [0.3, 0.4) is 0 Å². The number of hydrogen-bond acceptors (Lipinski definition) is 4. The van der Waals surface area contributed by atoms with Gasteiger partial charge in [-0.1, -0.05) is 12.2 Å². The normalized spacial score (nSPS) is 18.7. The summed E-state index contributed by atoms with van der Waals surface area (Å²) in [5, 5.41) is 22.7. The van der Waals surface area contributed by atoms with Crippen molar-refractivity contribution in [2.45, 2.75) is 39.3 Å². The lowest BCUT2D eigenvalue weighted by molar-refractivity contribution is 0.278. The Hall–Kier alpha value is -1.39. The number of allylic oxidation sites excluding steroid dienone is 2. The smallest absolute Gasteiger partial charge is 0.141 e. The van der Waals surface area contributed by atoms with E-state index >= 15 is 0 Å². The first-order valence-electron chi connectivity index (χ1n) is 6.85. The van der Waals surface area contributed by atoms with Crippen molar-refractivity contribution in [2.75, 3.05) is 6.54 Å². The number of aromatic hydroxyl groups is 1. The summed E-state index contributed by atoms with van der Waals surface area (Å²) in [5.74, 6) is 0.871. The Bertz CT molecular complexity index is 458. The number of rotatable bonds is 5. The zero-order valence-electron chi connectivity index (χ0n) is 11.4. The number of aliphatic hydroxyl groups excluding tert-OH is 1. The van der Waals surface area contributed by atoms with Crippen molar-refractivity contribution in [3.05, 3.63) is 35.2 Å². The van der Waals surface area contributed by atoms with Crippen LogP contribution in [0.15, 0.2) is 18.3 Å². The Morgan fingerprint density at radius 3 is 2.95 bits per heavy atom. The summed E-state index contributed by atoms with van der Waals surface area (Å²) < 4.78 is 0. The summed E-state index contributed by atoms with van der Waals surface area (Å²) in [5.41, 5.74) is 2.06. The summed E-state index contributed by atoms with van der Waals surface area (Å²) >= 11 is 0. The highest BCUT2D eigenvalue weighted by Gasteiger charge is 2.13. The Balaban J connectivity index is 1.95. The number of aliphatic hydroxyl groups is 1. The van der Waals surface area contributed by atoms with Crippen molar-refractivity contribution in [2.24, 2.45) is 5.92 Å². The summed E-state index contributed by atoms with van der Waals surface area (Å²) in [7, 11) is 0. The maximum absolute atomic E-state index is 10.0. The van der Waals surface area contributed by atoms with Crippen LogP contribution in [0.1, 0.15) is 36.1 Å². The molecule has 0 spiro atoms. The van der Waals surface area contributed by atoms with Crippen molar-refractivity contribution in [1.82, 2.24) is 10.3 Å². The highest BCUT2D eigenvalue weighted by Crippen LogP contribution is 2.24. The fourth-order valence-electron chi connectivity index (χ4n) is 2.46. The van der Waals surface area contributed by atoms with Crippen molar-refractivity contribution in [3.8, 4) is 5.75 Å². The van der Waals surface area contributed by atoms with E-state index < -0.39 is 0 Å². The van der Waals surface area contributed by atoms with E-state index in [4.69, 9.17) is 0 Å². The third-order valence-corrected chi connectivity index (χ3v) is 3.71. The van der Waals surface area contributed by atoms with Gasteiger partial charge in [0.05, 0.1) is 12.3 Å². The van der Waals surface area contributed by atoms with Gasteiger partial charge in [-0.3, -0.25) is 4.98 Å². The lowest BCUT2D eigenvalue weighted by atomic mass is 9.94. The van der Waals surface area contributed by atoms with E-state index in [0.717, 1.165) is 24.9 Å². The first-order valence-corrected chi connectivity index (χ1v) is 6.85. The Kier molecular flexibility index (Phi) is 4.93. The lowest BCUT2D eigenvalue weighted by Crippen LogP contribution is -2.24. The molecule has 1 aliphatic carbocycles. The molecule has 0 saturated heterocycles. The van der Waals surface area contributed by atoms with Crippen LogP contribution >= 0.6 is 0 Å². The predicted octanol–water partition coefficient (Wildman–Crippen LogP) is 2.03. The van der Waals surface area contributed by atoms with E-state index in [-0.39, 0.29) is 12.4 Å². The molecular formula is C15H22N2O2. The summed E-state index contributed by atoms with van der Waals surface area (Å²) in [6, 6.07) is 0. The van der Waals surface area contributed by atoms with Crippen LogP contribution in [-0.4, -0.2) is 21.7 Å². The zero-order valence-corrected chi connectivity index (χ0v) is 11.4. The molecule has 19 heavy (non-hydrogen) atoms. The van der Waals surface area contributed by atoms with Crippen LogP contribution in [-0.2, 0) is 13.2 Å². The minimum absolute atomic E-state index is 0.0932. The molecule has 0 bridgehead atoms. The molecule has 0 amide bonds. The molecule has 1 heterocycles. The fraction of sp³-hybridized carbons (Fsp3) is 0.533. The van der Waals surface area contributed by atoms with Gasteiger partial charge in [0, 0.05) is 23.9 Å². The van der Waals surface area contributed by atoms with Crippen molar-refractivity contribution in [1.29, 1.82) is 0 Å². The number of nitrogens with one attached hydrogen (secondary N) is 1. The molecule has 2 rings (SSSR count). The molecular weight excluding hydrogens is 240 g/mol. The third kappa shape index (κ3) is 3.55. The van der Waals surface area contributed by atoms with E-state index in [2.05, 4.69) is 22.5 Å². The molecule has 0 aliphatic heterocycles. The molecule has 0 aromatic carbocycles. The number of pyridine rings is 1. The average Bonchev–Trinajstić information content (AvgIpc) is 2.45. The highest BCUT2D eigenvalue weighted by atomic mass is 16.3. The van der Waals surface area contributed by atoms with Crippen LogP contribution in [0.5, 0.6) is 5.75 Å². The second-order valence-electron chi connectivity index (χ2n) is 5.14. The van der Waals surface area contributed by atoms with Crippen LogP contribution in [0, 0.1) is 12.8 Å². The predicted molar refractivity (Wildman–Crippen MR) is 74.7 cm³/mol. The van der Waals surface area contributed by atoms with Gasteiger partial charge in [-0.25, -0.2) is 0 Å². The van der Waals surface area contributed by atoms with Crippen LogP contribution in [0.25, 0.3) is 0 Å². The molecule has 3 N–H and O–H groups in total. The lowest BCUT2D eigenvalue weighted by Gasteiger charge is -2.19. The van der Waals surface area contributed by atoms with Crippen molar-refractivity contribution in [3.63, 3.8) is 0 Å². The maximum Gasteiger partial charge on any atom is 0.141 e. The van der Waals surface area contributed by atoms with Crippen LogP contribution < -0.4 is 5.32 Å². The molecule has 1 aromatic heterocycles. The topological polar surface area (TPSA) is 65.4 Å². The number of hydrogen-bond donors (Lipinski definition) is 3. The first kappa shape index (κ1) is 14.0. The largest absolute Gasteiger partial charge is 0.506 e. The van der Waals surface area contributed by atoms with Crippen molar-refractivity contribution < 1.29 is 10.2 Å². The molecule has 0 radical (unpaired) electrons. The summed E-state index contributed by atoms with van der Waals surface area (Å²) in [6.07, 6.45) is 9.61. The minimum Gasteiger partial charge on any atom is -0.506 e. The Morgan fingerprint density at radius 1 is 1.42 bits per heavy atom. The molecule has 1 unspecified atom stereocenters. The average molecular weight is 262 g/mol. The van der Waals surface area contributed by atoms with Gasteiger partial charge in [-0.05, 0) is 38.6 Å². The van der Waals surface area contributed by atoms with Gasteiger partial charge in [-0.15, -0.1) is 0 Å². The van der Waals surface area contributed by atoms with Gasteiger partial charge in [0.2, 0.25) is 0 Å². The van der Waals surface area contributed by atoms with Gasteiger partial charge < -0.3 is 15.5 Å². The number of aryl methyl sites for hydroxylation is 1. The molecule has 4 heteroatoms. The highest BCUT2D eigenvalue weighted by molar-refractivity contribution is 5.40. The first-order chi connectivity index (χ1) is 9.22. The SMILES string of the molecule is Cc1ncc(CO)c(CNCC2CC=CCC2)c1O. The summed E-state index contributed by atoms with van der Waals surface area (Å²) in [4.78, 5) is 4.06. The van der Waals surface area contributed by atoms with Crippen molar-refractivity contribution >= 4 is 0 Å². The summed E-state index contributed by atoms with van der Waals surface area (Å²) in [6.45, 7) is 3.19. The monoisotopic (exact) mass is 262 g/mol. The molecule has 104 valence electrons. The van der Waals surface area contributed by atoms with Gasteiger partial charge in [0.15, 0.2) is 0 Å². The minimum atomic E-state index is -0.0932. The molecule has 1 aliphatic rings. The van der Waals surface area contributed by atoms with Gasteiger partial charge in [0.1, 0.15) is 5.75 Å². The standard InChI is InChI=1S/C15H22N2O2/c1-11-15(19)14(13(10-18)8-17-11)9-16-7-12-5-3-2-4-6-12/h2-3,8,12,16,18-19H,4-7,9-10H2,1H3. The second kappa shape index (κ2) is 6.68. The van der Waals surface area contributed by atoms with Crippen LogP contribution in [0.2, 0.25) is 0 Å². The number of nitrogens with zero attached hydrogens (tertiary/aromatic N) is 1. The van der Waals surface area contributed by atoms with E-state index in [0.29, 0.717) is 23.7 Å². The maximum atomic E-state index is 10.0. The van der Waals surface area contributed by atoms with E-state index in [9.17, 15) is 10.2 Å². The second-order valence-corrected chi connectivity index (χ2v) is 5.14.